The lowest BCUT2D eigenvalue weighted by molar-refractivity contribution is 0.0919. The lowest BCUT2D eigenvalue weighted by Crippen LogP contribution is -2.40. The highest BCUT2D eigenvalue weighted by Gasteiger charge is 2.18. The first-order valence-electron chi connectivity index (χ1n) is 8.38. The number of aryl methyl sites for hydroxylation is 1. The number of hydrogen-bond acceptors (Lipinski definition) is 4. The van der Waals surface area contributed by atoms with E-state index < -0.39 is 0 Å². The Balaban J connectivity index is 2.12. The first kappa shape index (κ1) is 18.2. The first-order valence-corrected chi connectivity index (χ1v) is 8.78. The lowest BCUT2D eigenvalue weighted by Gasteiger charge is -2.21. The second kappa shape index (κ2) is 6.96. The molecule has 134 valence electrons. The zero-order chi connectivity index (χ0) is 18.9. The van der Waals surface area contributed by atoms with Gasteiger partial charge in [0.15, 0.2) is 0 Å². The van der Waals surface area contributed by atoms with Gasteiger partial charge in [-0.3, -0.25) is 4.79 Å². The summed E-state index contributed by atoms with van der Waals surface area (Å²) in [6.45, 7) is 7.90. The van der Waals surface area contributed by atoms with Crippen LogP contribution >= 0.6 is 12.8 Å². The summed E-state index contributed by atoms with van der Waals surface area (Å²) in [6.07, 6.45) is 1.65. The van der Waals surface area contributed by atoms with Gasteiger partial charge in [0.25, 0.3) is 5.91 Å². The van der Waals surface area contributed by atoms with Crippen molar-refractivity contribution in [3.63, 3.8) is 0 Å². The van der Waals surface area contributed by atoms with Crippen LogP contribution in [0.3, 0.4) is 0 Å². The molecule has 1 aromatic carbocycles. The second-order valence-corrected chi connectivity index (χ2v) is 7.68. The van der Waals surface area contributed by atoms with Gasteiger partial charge in [0.05, 0.1) is 23.3 Å². The Morgan fingerprint density at radius 1 is 1.08 bits per heavy atom. The van der Waals surface area contributed by atoms with Crippen LogP contribution in [0.15, 0.2) is 48.7 Å². The fourth-order valence-corrected chi connectivity index (χ4v) is 2.79. The summed E-state index contributed by atoms with van der Waals surface area (Å²) in [7, 11) is 0. The Morgan fingerprint density at radius 2 is 1.73 bits per heavy atom. The molecule has 0 aliphatic carbocycles. The number of benzene rings is 1. The van der Waals surface area contributed by atoms with Crippen LogP contribution < -0.4 is 5.32 Å². The summed E-state index contributed by atoms with van der Waals surface area (Å²) in [4.78, 5) is 17.5. The van der Waals surface area contributed by atoms with E-state index in [0.29, 0.717) is 11.3 Å². The zero-order valence-corrected chi connectivity index (χ0v) is 16.2. The van der Waals surface area contributed by atoms with Crippen molar-refractivity contribution < 1.29 is 4.79 Å². The van der Waals surface area contributed by atoms with Gasteiger partial charge in [-0.05, 0) is 58.7 Å². The van der Waals surface area contributed by atoms with E-state index in [2.05, 4.69) is 23.2 Å². The Morgan fingerprint density at radius 3 is 2.31 bits per heavy atom. The molecular weight excluding hydrogens is 344 g/mol. The van der Waals surface area contributed by atoms with Gasteiger partial charge in [0.1, 0.15) is 0 Å². The van der Waals surface area contributed by atoms with Crippen LogP contribution in [-0.4, -0.2) is 25.6 Å². The van der Waals surface area contributed by atoms with E-state index in [1.807, 2.05) is 64.1 Å². The maximum absolute atomic E-state index is 12.7. The van der Waals surface area contributed by atoms with Crippen LogP contribution in [-0.2, 0) is 0 Å². The van der Waals surface area contributed by atoms with Crippen molar-refractivity contribution in [2.24, 2.45) is 0 Å². The smallest absolute Gasteiger partial charge is 0.251 e. The Hall–Kier alpha value is -2.60. The number of nitrogens with zero attached hydrogens (tertiary/aromatic N) is 3. The topological polar surface area (TPSA) is 59.8 Å². The molecule has 0 unspecified atom stereocenters. The number of rotatable bonds is 3. The standard InChI is InChI=1S/C20H22N4OS/c1-13-5-7-14(8-6-13)16-11-15(19(25)23-20(2,3)4)12-17(22-16)18-9-10-21-24(18)26/h5-12,26H,1-4H3,(H,23,25). The van der Waals surface area contributed by atoms with E-state index in [-0.39, 0.29) is 11.4 Å². The van der Waals surface area contributed by atoms with Crippen molar-refractivity contribution in [2.75, 3.05) is 0 Å². The van der Waals surface area contributed by atoms with Crippen molar-refractivity contribution in [3.8, 4) is 22.6 Å². The van der Waals surface area contributed by atoms with Gasteiger partial charge in [0, 0.05) is 16.7 Å². The summed E-state index contributed by atoms with van der Waals surface area (Å²) < 4.78 is 1.45. The Labute approximate surface area is 159 Å². The van der Waals surface area contributed by atoms with Crippen molar-refractivity contribution in [1.82, 2.24) is 19.5 Å². The molecule has 0 saturated carbocycles. The molecule has 0 radical (unpaired) electrons. The largest absolute Gasteiger partial charge is 0.347 e. The highest BCUT2D eigenvalue weighted by Crippen LogP contribution is 2.25. The summed E-state index contributed by atoms with van der Waals surface area (Å²) in [6, 6.07) is 13.5. The number of carbonyl (C=O) groups is 1. The van der Waals surface area contributed by atoms with E-state index >= 15 is 0 Å². The molecule has 0 atom stereocenters. The lowest BCUT2D eigenvalue weighted by atomic mass is 10.0. The summed E-state index contributed by atoms with van der Waals surface area (Å²) in [5.41, 5.74) is 4.46. The van der Waals surface area contributed by atoms with E-state index in [1.54, 1.807) is 12.3 Å². The van der Waals surface area contributed by atoms with E-state index in [9.17, 15) is 4.79 Å². The molecule has 0 aliphatic rings. The maximum Gasteiger partial charge on any atom is 0.251 e. The minimum Gasteiger partial charge on any atom is -0.347 e. The third kappa shape index (κ3) is 4.14. The van der Waals surface area contributed by atoms with Crippen LogP contribution in [0.1, 0.15) is 36.7 Å². The number of pyridine rings is 1. The number of hydrogen-bond donors (Lipinski definition) is 2. The van der Waals surface area contributed by atoms with E-state index in [0.717, 1.165) is 17.0 Å². The van der Waals surface area contributed by atoms with Crippen LogP contribution in [0, 0.1) is 6.92 Å². The number of thiol groups is 1. The van der Waals surface area contributed by atoms with Crippen molar-refractivity contribution >= 4 is 18.7 Å². The van der Waals surface area contributed by atoms with Gasteiger partial charge >= 0.3 is 0 Å². The molecule has 5 nitrogen and oxygen atoms in total. The third-order valence-electron chi connectivity index (χ3n) is 3.81. The van der Waals surface area contributed by atoms with Gasteiger partial charge in [-0.15, -0.1) is 0 Å². The average molecular weight is 366 g/mol. The predicted octanol–water partition coefficient (Wildman–Crippen LogP) is 4.14. The van der Waals surface area contributed by atoms with Gasteiger partial charge in [-0.1, -0.05) is 29.8 Å². The summed E-state index contributed by atoms with van der Waals surface area (Å²) in [5, 5.41) is 7.08. The zero-order valence-electron chi connectivity index (χ0n) is 15.3. The molecule has 6 heteroatoms. The molecular formula is C20H22N4OS. The minimum absolute atomic E-state index is 0.139. The van der Waals surface area contributed by atoms with Crippen molar-refractivity contribution in [3.05, 3.63) is 59.8 Å². The molecule has 2 heterocycles. The number of aromatic nitrogens is 3. The molecule has 3 aromatic rings. The number of carbonyl (C=O) groups excluding carboxylic acids is 1. The Kier molecular flexibility index (Phi) is 4.87. The van der Waals surface area contributed by atoms with Gasteiger partial charge in [-0.25, -0.2) is 9.07 Å². The predicted molar refractivity (Wildman–Crippen MR) is 107 cm³/mol. The average Bonchev–Trinajstić information content (AvgIpc) is 2.99. The van der Waals surface area contributed by atoms with Gasteiger partial charge in [-0.2, -0.15) is 5.10 Å². The maximum atomic E-state index is 12.7. The van der Waals surface area contributed by atoms with Crippen LogP contribution in [0.2, 0.25) is 0 Å². The molecule has 3 rings (SSSR count). The molecule has 0 saturated heterocycles. The molecule has 1 N–H and O–H groups in total. The SMILES string of the molecule is Cc1ccc(-c2cc(C(=O)NC(C)(C)C)cc(-c3ccnn3S)n2)cc1. The third-order valence-corrected chi connectivity index (χ3v) is 4.13. The molecule has 0 bridgehead atoms. The minimum atomic E-state index is -0.324. The molecule has 0 spiro atoms. The molecule has 0 aliphatic heterocycles. The summed E-state index contributed by atoms with van der Waals surface area (Å²) in [5.74, 6) is -0.139. The first-order chi connectivity index (χ1) is 12.2. The molecule has 1 amide bonds. The quantitative estimate of drug-likeness (QED) is 0.685. The molecule has 2 aromatic heterocycles. The Bertz CT molecular complexity index is 939. The van der Waals surface area contributed by atoms with Crippen LogP contribution in [0.5, 0.6) is 0 Å². The number of amides is 1. The fraction of sp³-hybridized carbons (Fsp3) is 0.250. The second-order valence-electron chi connectivity index (χ2n) is 7.30. The number of nitrogens with one attached hydrogen (secondary N) is 1. The highest BCUT2D eigenvalue weighted by atomic mass is 32.1. The molecule has 26 heavy (non-hydrogen) atoms. The van der Waals surface area contributed by atoms with Crippen molar-refractivity contribution in [1.29, 1.82) is 0 Å². The van der Waals surface area contributed by atoms with Crippen molar-refractivity contribution in [2.45, 2.75) is 33.2 Å². The van der Waals surface area contributed by atoms with Crippen LogP contribution in [0.25, 0.3) is 22.6 Å². The van der Waals surface area contributed by atoms with Gasteiger partial charge < -0.3 is 5.32 Å². The van der Waals surface area contributed by atoms with Crippen LogP contribution in [0.4, 0.5) is 0 Å². The normalized spacial score (nSPS) is 11.4. The van der Waals surface area contributed by atoms with E-state index in [4.69, 9.17) is 4.98 Å². The summed E-state index contributed by atoms with van der Waals surface area (Å²) >= 11 is 4.32. The van der Waals surface area contributed by atoms with E-state index in [1.165, 1.54) is 9.65 Å². The fourth-order valence-electron chi connectivity index (χ4n) is 2.56. The molecule has 0 fully saturated rings. The monoisotopic (exact) mass is 366 g/mol. The van der Waals surface area contributed by atoms with Gasteiger partial charge in [0.2, 0.25) is 0 Å². The highest BCUT2D eigenvalue weighted by molar-refractivity contribution is 7.78.